The first-order valence-corrected chi connectivity index (χ1v) is 4.89. The van der Waals surface area contributed by atoms with Gasteiger partial charge in [-0.3, -0.25) is 10.0 Å². The number of carbonyl (C=O) groups is 1. The lowest BCUT2D eigenvalue weighted by atomic mass is 10.3. The number of esters is 1. The first kappa shape index (κ1) is 11.8. The van der Waals surface area contributed by atoms with Gasteiger partial charge in [0.05, 0.1) is 12.3 Å². The van der Waals surface area contributed by atoms with Crippen LogP contribution in [-0.2, 0) is 9.53 Å². The molecule has 5 heteroatoms. The van der Waals surface area contributed by atoms with Crippen LogP contribution in [0.15, 0.2) is 24.3 Å². The van der Waals surface area contributed by atoms with E-state index < -0.39 is 5.97 Å². The van der Waals surface area contributed by atoms with Gasteiger partial charge in [0.25, 0.3) is 0 Å². The number of hydroxylamine groups is 1. The minimum Gasteiger partial charge on any atom is -0.465 e. The van der Waals surface area contributed by atoms with E-state index in [0.29, 0.717) is 17.3 Å². The Kier molecular flexibility index (Phi) is 4.39. The lowest BCUT2D eigenvalue weighted by Gasteiger charge is -2.15. The van der Waals surface area contributed by atoms with Gasteiger partial charge < -0.3 is 4.74 Å². The molecule has 0 amide bonds. The fraction of sp³-hybridized carbons (Fsp3) is 0.300. The number of rotatable bonds is 4. The van der Waals surface area contributed by atoms with Gasteiger partial charge in [-0.2, -0.15) is 0 Å². The van der Waals surface area contributed by atoms with Crippen LogP contribution in [0.1, 0.15) is 6.92 Å². The van der Waals surface area contributed by atoms with Crippen molar-refractivity contribution in [1.82, 2.24) is 0 Å². The molecule has 0 bridgehead atoms. The van der Waals surface area contributed by atoms with Crippen molar-refractivity contribution in [2.45, 2.75) is 6.92 Å². The summed E-state index contributed by atoms with van der Waals surface area (Å²) in [4.78, 5) is 11.0. The second-order valence-electron chi connectivity index (χ2n) is 2.84. The molecule has 0 aliphatic heterocycles. The van der Waals surface area contributed by atoms with E-state index in [1.165, 1.54) is 0 Å². The second kappa shape index (κ2) is 5.58. The smallest absolute Gasteiger partial charge is 0.328 e. The molecular weight excluding hydrogens is 218 g/mol. The van der Waals surface area contributed by atoms with E-state index in [9.17, 15) is 10.0 Å². The van der Waals surface area contributed by atoms with Crippen molar-refractivity contribution >= 4 is 23.3 Å². The Morgan fingerprint density at radius 2 is 2.07 bits per heavy atom. The summed E-state index contributed by atoms with van der Waals surface area (Å²) in [5.41, 5.74) is 0.493. The van der Waals surface area contributed by atoms with Crippen LogP contribution in [0.2, 0.25) is 5.02 Å². The standard InChI is InChI=1S/C10H12ClNO3/c1-2-15-10(13)7-12(14)9-5-3-8(11)4-6-9/h3-6,14H,2,7H2,1H3. The van der Waals surface area contributed by atoms with Crippen molar-refractivity contribution in [2.75, 3.05) is 18.2 Å². The number of hydrogen-bond donors (Lipinski definition) is 1. The predicted octanol–water partition coefficient (Wildman–Crippen LogP) is 2.10. The summed E-state index contributed by atoms with van der Waals surface area (Å²) in [6, 6.07) is 6.49. The molecule has 0 radical (unpaired) electrons. The normalized spacial score (nSPS) is 9.80. The van der Waals surface area contributed by atoms with Gasteiger partial charge in [0.1, 0.15) is 6.54 Å². The van der Waals surface area contributed by atoms with E-state index >= 15 is 0 Å². The van der Waals surface area contributed by atoms with Gasteiger partial charge in [-0.05, 0) is 31.2 Å². The van der Waals surface area contributed by atoms with Gasteiger partial charge in [0.2, 0.25) is 0 Å². The average Bonchev–Trinajstić information content (AvgIpc) is 2.18. The number of ether oxygens (including phenoxy) is 1. The monoisotopic (exact) mass is 229 g/mol. The number of carbonyl (C=O) groups excluding carboxylic acids is 1. The molecule has 1 aromatic carbocycles. The summed E-state index contributed by atoms with van der Waals surface area (Å²) < 4.78 is 4.69. The van der Waals surface area contributed by atoms with Crippen LogP contribution in [-0.4, -0.2) is 24.3 Å². The van der Waals surface area contributed by atoms with E-state index in [4.69, 9.17) is 16.3 Å². The molecule has 4 nitrogen and oxygen atoms in total. The first-order chi connectivity index (χ1) is 7.13. The van der Waals surface area contributed by atoms with Gasteiger partial charge in [-0.1, -0.05) is 11.6 Å². The molecule has 1 rings (SSSR count). The summed E-state index contributed by atoms with van der Waals surface area (Å²) in [6.07, 6.45) is 0. The highest BCUT2D eigenvalue weighted by atomic mass is 35.5. The van der Waals surface area contributed by atoms with Crippen molar-refractivity contribution in [3.05, 3.63) is 29.3 Å². The molecule has 0 aliphatic rings. The van der Waals surface area contributed by atoms with Gasteiger partial charge in [0.15, 0.2) is 0 Å². The van der Waals surface area contributed by atoms with Crippen molar-refractivity contribution in [3.8, 4) is 0 Å². The Morgan fingerprint density at radius 1 is 1.47 bits per heavy atom. The van der Waals surface area contributed by atoms with Crippen LogP contribution in [0.25, 0.3) is 0 Å². The Labute approximate surface area is 93.0 Å². The fourth-order valence-electron chi connectivity index (χ4n) is 1.03. The van der Waals surface area contributed by atoms with Crippen molar-refractivity contribution < 1.29 is 14.7 Å². The molecule has 0 heterocycles. The Morgan fingerprint density at radius 3 is 2.60 bits per heavy atom. The minimum absolute atomic E-state index is 0.199. The van der Waals surface area contributed by atoms with E-state index in [1.54, 1.807) is 31.2 Å². The fourth-order valence-corrected chi connectivity index (χ4v) is 1.16. The molecule has 1 N–H and O–H groups in total. The topological polar surface area (TPSA) is 49.8 Å². The van der Waals surface area contributed by atoms with Crippen molar-refractivity contribution in [2.24, 2.45) is 0 Å². The Bertz CT molecular complexity index is 326. The highest BCUT2D eigenvalue weighted by Gasteiger charge is 2.09. The molecule has 0 aromatic heterocycles. The molecule has 1 aromatic rings. The maximum Gasteiger partial charge on any atom is 0.328 e. The number of nitrogens with zero attached hydrogens (tertiary/aromatic N) is 1. The van der Waals surface area contributed by atoms with Gasteiger partial charge in [-0.15, -0.1) is 0 Å². The first-order valence-electron chi connectivity index (χ1n) is 4.51. The summed E-state index contributed by atoms with van der Waals surface area (Å²) >= 11 is 5.68. The van der Waals surface area contributed by atoms with Crippen LogP contribution in [0, 0.1) is 0 Å². The van der Waals surface area contributed by atoms with Crippen LogP contribution in [0.4, 0.5) is 5.69 Å². The van der Waals surface area contributed by atoms with Gasteiger partial charge >= 0.3 is 5.97 Å². The molecule has 0 saturated carbocycles. The third-order valence-corrected chi connectivity index (χ3v) is 1.96. The number of benzene rings is 1. The zero-order chi connectivity index (χ0) is 11.3. The van der Waals surface area contributed by atoms with Crippen LogP contribution < -0.4 is 5.06 Å². The van der Waals surface area contributed by atoms with Crippen LogP contribution >= 0.6 is 11.6 Å². The third-order valence-electron chi connectivity index (χ3n) is 1.71. The lowest BCUT2D eigenvalue weighted by Crippen LogP contribution is -2.27. The molecule has 82 valence electrons. The van der Waals surface area contributed by atoms with Crippen molar-refractivity contribution in [3.63, 3.8) is 0 Å². The molecule has 0 aliphatic carbocycles. The molecule has 0 spiro atoms. The third kappa shape index (κ3) is 3.77. The number of anilines is 1. The summed E-state index contributed by atoms with van der Waals surface area (Å²) in [5.74, 6) is -0.477. The summed E-state index contributed by atoms with van der Waals surface area (Å²) in [7, 11) is 0. The van der Waals surface area contributed by atoms with E-state index in [1.807, 2.05) is 0 Å². The largest absolute Gasteiger partial charge is 0.465 e. The Balaban J connectivity index is 2.57. The molecule has 0 saturated heterocycles. The maximum atomic E-state index is 11.0. The van der Waals surface area contributed by atoms with E-state index in [2.05, 4.69) is 0 Å². The predicted molar refractivity (Wildman–Crippen MR) is 57.2 cm³/mol. The highest BCUT2D eigenvalue weighted by molar-refractivity contribution is 6.30. The van der Waals surface area contributed by atoms with E-state index in [-0.39, 0.29) is 6.54 Å². The van der Waals surface area contributed by atoms with Crippen LogP contribution in [0.3, 0.4) is 0 Å². The summed E-state index contributed by atoms with van der Waals surface area (Å²) in [5, 5.41) is 10.9. The maximum absolute atomic E-state index is 11.0. The minimum atomic E-state index is -0.477. The average molecular weight is 230 g/mol. The highest BCUT2D eigenvalue weighted by Crippen LogP contribution is 2.16. The zero-order valence-electron chi connectivity index (χ0n) is 8.31. The van der Waals surface area contributed by atoms with Crippen molar-refractivity contribution in [1.29, 1.82) is 0 Å². The molecule has 15 heavy (non-hydrogen) atoms. The van der Waals surface area contributed by atoms with Gasteiger partial charge in [0, 0.05) is 5.02 Å². The van der Waals surface area contributed by atoms with Gasteiger partial charge in [-0.25, -0.2) is 5.06 Å². The molecule has 0 unspecified atom stereocenters. The number of hydrogen-bond acceptors (Lipinski definition) is 4. The molecule has 0 fully saturated rings. The number of halogens is 1. The zero-order valence-corrected chi connectivity index (χ0v) is 9.07. The molecular formula is C10H12ClNO3. The Hall–Kier alpha value is -1.26. The quantitative estimate of drug-likeness (QED) is 0.635. The summed E-state index contributed by atoms with van der Waals surface area (Å²) in [6.45, 7) is 1.81. The second-order valence-corrected chi connectivity index (χ2v) is 3.28. The van der Waals surface area contributed by atoms with E-state index in [0.717, 1.165) is 5.06 Å². The van der Waals surface area contributed by atoms with Crippen LogP contribution in [0.5, 0.6) is 0 Å². The lowest BCUT2D eigenvalue weighted by molar-refractivity contribution is -0.142. The molecule has 0 atom stereocenters. The SMILES string of the molecule is CCOC(=O)CN(O)c1ccc(Cl)cc1.